The third-order valence-electron chi connectivity index (χ3n) is 3.54. The van der Waals surface area contributed by atoms with Gasteiger partial charge in [0.05, 0.1) is 12.1 Å². The number of fused-ring (bicyclic) bond motifs is 1. The molecule has 4 nitrogen and oxygen atoms in total. The third kappa shape index (κ3) is 2.96. The summed E-state index contributed by atoms with van der Waals surface area (Å²) < 4.78 is 5.48. The summed E-state index contributed by atoms with van der Waals surface area (Å²) in [6.45, 7) is 2.69. The van der Waals surface area contributed by atoms with Crippen LogP contribution in [-0.4, -0.2) is 24.7 Å². The van der Waals surface area contributed by atoms with E-state index in [9.17, 15) is 0 Å². The van der Waals surface area contributed by atoms with Gasteiger partial charge in [0, 0.05) is 24.2 Å². The Kier molecular flexibility index (Phi) is 3.51. The lowest BCUT2D eigenvalue weighted by Crippen LogP contribution is -2.24. The van der Waals surface area contributed by atoms with Gasteiger partial charge < -0.3 is 15.8 Å². The van der Waals surface area contributed by atoms with Gasteiger partial charge in [-0.25, -0.2) is 4.98 Å². The van der Waals surface area contributed by atoms with Gasteiger partial charge in [0.2, 0.25) is 0 Å². The lowest BCUT2D eigenvalue weighted by molar-refractivity contribution is 0.0595. The van der Waals surface area contributed by atoms with E-state index in [2.05, 4.69) is 16.4 Å². The molecular formula is C15H19N3O. The molecule has 100 valence electrons. The molecule has 0 saturated carbocycles. The largest absolute Gasteiger partial charge is 0.399 e. The molecule has 1 aliphatic heterocycles. The second kappa shape index (κ2) is 5.45. The smallest absolute Gasteiger partial charge is 0.126 e. The molecule has 0 amide bonds. The van der Waals surface area contributed by atoms with Crippen molar-refractivity contribution in [2.24, 2.45) is 5.92 Å². The molecule has 0 bridgehead atoms. The molecule has 1 unspecified atom stereocenters. The number of nitrogen functional groups attached to an aromatic ring is 1. The Hall–Kier alpha value is -1.81. The first-order valence-electron chi connectivity index (χ1n) is 6.79. The van der Waals surface area contributed by atoms with Crippen LogP contribution in [0.25, 0.3) is 10.9 Å². The number of rotatable bonds is 3. The second-order valence-electron chi connectivity index (χ2n) is 5.11. The van der Waals surface area contributed by atoms with Crippen molar-refractivity contribution in [1.29, 1.82) is 0 Å². The average molecular weight is 257 g/mol. The molecule has 0 aliphatic carbocycles. The molecule has 1 fully saturated rings. The number of hydrogen-bond donors (Lipinski definition) is 2. The summed E-state index contributed by atoms with van der Waals surface area (Å²) in [6, 6.07) is 9.85. The van der Waals surface area contributed by atoms with Crippen LogP contribution in [-0.2, 0) is 4.74 Å². The lowest BCUT2D eigenvalue weighted by atomic mass is 10.0. The number of anilines is 2. The maximum absolute atomic E-state index is 5.76. The summed E-state index contributed by atoms with van der Waals surface area (Å²) in [7, 11) is 0. The van der Waals surface area contributed by atoms with E-state index in [1.54, 1.807) is 0 Å². The Labute approximate surface area is 113 Å². The summed E-state index contributed by atoms with van der Waals surface area (Å²) in [5, 5.41) is 4.47. The normalized spacial score (nSPS) is 19.5. The minimum atomic E-state index is 0.595. The number of hydrogen-bond acceptors (Lipinski definition) is 4. The molecule has 3 N–H and O–H groups in total. The third-order valence-corrected chi connectivity index (χ3v) is 3.54. The Morgan fingerprint density at radius 3 is 3.11 bits per heavy atom. The molecule has 1 aromatic heterocycles. The standard InChI is InChI=1S/C15H19N3O/c16-13-4-5-14-12(8-13)3-6-15(18-14)17-9-11-2-1-7-19-10-11/h3-6,8,11H,1-2,7,9-10,16H2,(H,17,18). The van der Waals surface area contributed by atoms with E-state index in [-0.39, 0.29) is 0 Å². The number of nitrogens with zero attached hydrogens (tertiary/aromatic N) is 1. The number of aromatic nitrogens is 1. The molecule has 2 heterocycles. The molecule has 1 saturated heterocycles. The highest BCUT2D eigenvalue weighted by atomic mass is 16.5. The van der Waals surface area contributed by atoms with Crippen LogP contribution in [0.4, 0.5) is 11.5 Å². The first-order chi connectivity index (χ1) is 9.31. The molecule has 1 aliphatic rings. The zero-order chi connectivity index (χ0) is 13.1. The number of benzene rings is 1. The van der Waals surface area contributed by atoms with Crippen molar-refractivity contribution in [2.75, 3.05) is 30.8 Å². The highest BCUT2D eigenvalue weighted by Gasteiger charge is 2.13. The Bertz CT molecular complexity index is 564. The zero-order valence-corrected chi connectivity index (χ0v) is 10.9. The minimum Gasteiger partial charge on any atom is -0.399 e. The molecule has 3 rings (SSSR count). The van der Waals surface area contributed by atoms with Gasteiger partial charge in [0.15, 0.2) is 0 Å². The van der Waals surface area contributed by atoms with Crippen molar-refractivity contribution in [3.05, 3.63) is 30.3 Å². The highest BCUT2D eigenvalue weighted by Crippen LogP contribution is 2.19. The Morgan fingerprint density at radius 2 is 2.26 bits per heavy atom. The zero-order valence-electron chi connectivity index (χ0n) is 10.9. The fourth-order valence-electron chi connectivity index (χ4n) is 2.46. The second-order valence-corrected chi connectivity index (χ2v) is 5.11. The van der Waals surface area contributed by atoms with Gasteiger partial charge in [0.25, 0.3) is 0 Å². The summed E-state index contributed by atoms with van der Waals surface area (Å²) in [5.41, 5.74) is 7.50. The van der Waals surface area contributed by atoms with E-state index in [1.165, 1.54) is 6.42 Å². The van der Waals surface area contributed by atoms with Crippen LogP contribution in [0.2, 0.25) is 0 Å². The van der Waals surface area contributed by atoms with E-state index in [0.29, 0.717) is 5.92 Å². The van der Waals surface area contributed by atoms with Crippen LogP contribution in [0.1, 0.15) is 12.8 Å². The maximum atomic E-state index is 5.76. The van der Waals surface area contributed by atoms with Crippen molar-refractivity contribution < 1.29 is 4.74 Å². The SMILES string of the molecule is Nc1ccc2nc(NCC3CCCOC3)ccc2c1. The summed E-state index contributed by atoms with van der Waals surface area (Å²) >= 11 is 0. The molecule has 1 atom stereocenters. The molecule has 4 heteroatoms. The molecule has 2 aromatic rings. The molecule has 0 radical (unpaired) electrons. The van der Waals surface area contributed by atoms with Crippen LogP contribution in [0.3, 0.4) is 0 Å². The Morgan fingerprint density at radius 1 is 1.32 bits per heavy atom. The van der Waals surface area contributed by atoms with Crippen molar-refractivity contribution in [3.63, 3.8) is 0 Å². The Balaban J connectivity index is 1.69. The first kappa shape index (κ1) is 12.2. The number of nitrogens with two attached hydrogens (primary N) is 1. The first-order valence-corrected chi connectivity index (χ1v) is 6.79. The predicted molar refractivity (Wildman–Crippen MR) is 78.2 cm³/mol. The van der Waals surface area contributed by atoms with Gasteiger partial charge in [-0.1, -0.05) is 0 Å². The predicted octanol–water partition coefficient (Wildman–Crippen LogP) is 2.66. The summed E-state index contributed by atoms with van der Waals surface area (Å²) in [6.07, 6.45) is 2.40. The fourth-order valence-corrected chi connectivity index (χ4v) is 2.46. The van der Waals surface area contributed by atoms with E-state index >= 15 is 0 Å². The fraction of sp³-hybridized carbons (Fsp3) is 0.400. The average Bonchev–Trinajstić information content (AvgIpc) is 2.46. The quantitative estimate of drug-likeness (QED) is 0.830. The van der Waals surface area contributed by atoms with Crippen molar-refractivity contribution in [1.82, 2.24) is 4.98 Å². The monoisotopic (exact) mass is 257 g/mol. The van der Waals surface area contributed by atoms with E-state index in [4.69, 9.17) is 10.5 Å². The van der Waals surface area contributed by atoms with Crippen LogP contribution in [0.5, 0.6) is 0 Å². The molecule has 1 aromatic carbocycles. The number of ether oxygens (including phenoxy) is 1. The van der Waals surface area contributed by atoms with E-state index in [0.717, 1.165) is 48.6 Å². The number of pyridine rings is 1. The minimum absolute atomic E-state index is 0.595. The van der Waals surface area contributed by atoms with E-state index in [1.807, 2.05) is 24.3 Å². The van der Waals surface area contributed by atoms with Gasteiger partial charge in [0.1, 0.15) is 5.82 Å². The van der Waals surface area contributed by atoms with Crippen LogP contribution in [0.15, 0.2) is 30.3 Å². The topological polar surface area (TPSA) is 60.2 Å². The van der Waals surface area contributed by atoms with Gasteiger partial charge in [-0.15, -0.1) is 0 Å². The summed E-state index contributed by atoms with van der Waals surface area (Å²) in [5.74, 6) is 1.51. The maximum Gasteiger partial charge on any atom is 0.126 e. The highest BCUT2D eigenvalue weighted by molar-refractivity contribution is 5.83. The van der Waals surface area contributed by atoms with Crippen LogP contribution >= 0.6 is 0 Å². The molecule has 19 heavy (non-hydrogen) atoms. The van der Waals surface area contributed by atoms with Gasteiger partial charge in [-0.05, 0) is 49.1 Å². The van der Waals surface area contributed by atoms with Crippen molar-refractivity contribution in [2.45, 2.75) is 12.8 Å². The van der Waals surface area contributed by atoms with Gasteiger partial charge >= 0.3 is 0 Å². The lowest BCUT2D eigenvalue weighted by Gasteiger charge is -2.22. The van der Waals surface area contributed by atoms with Gasteiger partial charge in [-0.3, -0.25) is 0 Å². The van der Waals surface area contributed by atoms with Crippen LogP contribution in [0, 0.1) is 5.92 Å². The summed E-state index contributed by atoms with van der Waals surface area (Å²) in [4.78, 5) is 4.59. The molecule has 0 spiro atoms. The van der Waals surface area contributed by atoms with Crippen molar-refractivity contribution >= 4 is 22.4 Å². The van der Waals surface area contributed by atoms with Crippen molar-refractivity contribution in [3.8, 4) is 0 Å². The van der Waals surface area contributed by atoms with Gasteiger partial charge in [-0.2, -0.15) is 0 Å². The number of nitrogens with one attached hydrogen (secondary N) is 1. The van der Waals surface area contributed by atoms with E-state index < -0.39 is 0 Å². The van der Waals surface area contributed by atoms with Crippen LogP contribution < -0.4 is 11.1 Å². The molecular weight excluding hydrogens is 238 g/mol.